The maximum atomic E-state index is 12.4. The van der Waals surface area contributed by atoms with Crippen molar-refractivity contribution in [2.75, 3.05) is 26.4 Å². The summed E-state index contributed by atoms with van der Waals surface area (Å²) in [6.07, 6.45) is 9.21. The van der Waals surface area contributed by atoms with Crippen LogP contribution in [-0.2, 0) is 25.5 Å². The predicted octanol–water partition coefficient (Wildman–Crippen LogP) is 7.56. The molecule has 6 heteroatoms. The Hall–Kier alpha value is -3.28. The van der Waals surface area contributed by atoms with Gasteiger partial charge in [0, 0.05) is 21.5 Å². The third-order valence-corrected chi connectivity index (χ3v) is 6.59. The Labute approximate surface area is 226 Å². The second kappa shape index (κ2) is 15.9. The minimum atomic E-state index is -0.383. The lowest BCUT2D eigenvalue weighted by Crippen LogP contribution is -2.17. The zero-order valence-electron chi connectivity index (χ0n) is 23.2. The van der Waals surface area contributed by atoms with Crippen LogP contribution in [0.25, 0.3) is 21.5 Å². The number of hydrogen-bond donors (Lipinski definition) is 0. The zero-order chi connectivity index (χ0) is 27.2. The largest absolute Gasteiger partial charge is 0.481 e. The van der Waals surface area contributed by atoms with Crippen molar-refractivity contribution in [1.29, 1.82) is 0 Å². The number of esters is 2. The molecule has 206 valence electrons. The molecule has 0 amide bonds. The molecular weight excluding hydrogens is 480 g/mol. The molecule has 0 atom stereocenters. The average molecular weight is 523 g/mol. The lowest BCUT2D eigenvalue weighted by atomic mass is 9.98. The van der Waals surface area contributed by atoms with E-state index in [2.05, 4.69) is 26.8 Å². The molecular formula is C32H42O6. The van der Waals surface area contributed by atoms with Crippen molar-refractivity contribution >= 4 is 33.5 Å². The van der Waals surface area contributed by atoms with Crippen molar-refractivity contribution < 1.29 is 28.5 Å². The van der Waals surface area contributed by atoms with Crippen LogP contribution in [0.5, 0.6) is 11.5 Å². The second-order valence-electron chi connectivity index (χ2n) is 9.58. The van der Waals surface area contributed by atoms with Crippen molar-refractivity contribution in [1.82, 2.24) is 0 Å². The van der Waals surface area contributed by atoms with E-state index in [1.165, 1.54) is 0 Å². The Bertz CT molecular complexity index is 1190. The van der Waals surface area contributed by atoms with E-state index in [1.807, 2.05) is 36.4 Å². The highest BCUT2D eigenvalue weighted by atomic mass is 16.6. The van der Waals surface area contributed by atoms with Crippen LogP contribution in [0.3, 0.4) is 0 Å². The van der Waals surface area contributed by atoms with Crippen molar-refractivity contribution in [3.05, 3.63) is 48.0 Å². The van der Waals surface area contributed by atoms with E-state index in [0.29, 0.717) is 24.7 Å². The molecule has 0 aliphatic carbocycles. The van der Waals surface area contributed by atoms with Gasteiger partial charge in [-0.05, 0) is 30.9 Å². The molecule has 0 saturated heterocycles. The van der Waals surface area contributed by atoms with E-state index in [0.717, 1.165) is 84.9 Å². The van der Waals surface area contributed by atoms with Crippen LogP contribution in [0.2, 0.25) is 0 Å². The van der Waals surface area contributed by atoms with Gasteiger partial charge in [0.25, 0.3) is 0 Å². The fourth-order valence-corrected chi connectivity index (χ4v) is 4.45. The van der Waals surface area contributed by atoms with Crippen molar-refractivity contribution in [2.45, 2.75) is 78.6 Å². The van der Waals surface area contributed by atoms with Gasteiger partial charge in [-0.1, -0.05) is 95.7 Å². The average Bonchev–Trinajstić information content (AvgIpc) is 2.94. The van der Waals surface area contributed by atoms with Crippen LogP contribution in [0.4, 0.5) is 0 Å². The van der Waals surface area contributed by atoms with E-state index < -0.39 is 0 Å². The lowest BCUT2D eigenvalue weighted by molar-refractivity contribution is -0.147. The molecule has 0 heterocycles. The van der Waals surface area contributed by atoms with Crippen molar-refractivity contribution in [2.24, 2.45) is 0 Å². The highest BCUT2D eigenvalue weighted by Crippen LogP contribution is 2.43. The predicted molar refractivity (Wildman–Crippen MR) is 152 cm³/mol. The zero-order valence-corrected chi connectivity index (χ0v) is 23.2. The van der Waals surface area contributed by atoms with Crippen LogP contribution >= 0.6 is 0 Å². The molecule has 0 aromatic heterocycles. The maximum absolute atomic E-state index is 12.4. The topological polar surface area (TPSA) is 71.1 Å². The fraction of sp³-hybridized carbons (Fsp3) is 0.500. The molecule has 3 aromatic carbocycles. The number of ether oxygens (including phenoxy) is 4. The highest BCUT2D eigenvalue weighted by Gasteiger charge is 2.19. The summed E-state index contributed by atoms with van der Waals surface area (Å²) in [6, 6.07) is 13.8. The first-order valence-corrected chi connectivity index (χ1v) is 14.1. The third kappa shape index (κ3) is 8.37. The minimum absolute atomic E-state index is 0.173. The normalized spacial score (nSPS) is 11.0. The van der Waals surface area contributed by atoms with Crippen LogP contribution in [0.1, 0.15) is 77.7 Å². The summed E-state index contributed by atoms with van der Waals surface area (Å²) in [5.41, 5.74) is 1.13. The number of rotatable bonds is 17. The van der Waals surface area contributed by atoms with Gasteiger partial charge in [-0.25, -0.2) is 9.59 Å². The number of hydrogen-bond acceptors (Lipinski definition) is 6. The SMILES string of the molecule is CCCCCCOC(=O)COc1c2ccccc2c(OCC(=O)OCCCCCC)c2cc(CC)ccc12. The van der Waals surface area contributed by atoms with E-state index in [1.54, 1.807) is 0 Å². The van der Waals surface area contributed by atoms with Crippen LogP contribution in [0.15, 0.2) is 42.5 Å². The van der Waals surface area contributed by atoms with Gasteiger partial charge >= 0.3 is 11.9 Å². The number of unbranched alkanes of at least 4 members (excludes halogenated alkanes) is 6. The second-order valence-corrected chi connectivity index (χ2v) is 9.58. The standard InChI is InChI=1S/C32H42O6/c1-4-7-9-13-19-35-29(33)22-37-31-25-15-11-12-16-26(25)32(28-21-24(6-3)17-18-27(28)31)38-23-30(34)36-20-14-10-8-5-2/h11-12,15-18,21H,4-10,13-14,19-20,22-23H2,1-3H3. The van der Waals surface area contributed by atoms with Gasteiger partial charge in [-0.2, -0.15) is 0 Å². The van der Waals surface area contributed by atoms with Gasteiger partial charge in [0.2, 0.25) is 0 Å². The van der Waals surface area contributed by atoms with E-state index in [4.69, 9.17) is 18.9 Å². The first-order valence-electron chi connectivity index (χ1n) is 14.1. The van der Waals surface area contributed by atoms with E-state index >= 15 is 0 Å². The molecule has 0 saturated carbocycles. The van der Waals surface area contributed by atoms with Gasteiger partial charge in [0.05, 0.1) is 13.2 Å². The van der Waals surface area contributed by atoms with Gasteiger partial charge in [-0.3, -0.25) is 0 Å². The number of carbonyl (C=O) groups is 2. The molecule has 0 unspecified atom stereocenters. The Kier molecular flexibility index (Phi) is 12.2. The summed E-state index contributed by atoms with van der Waals surface area (Å²) in [4.78, 5) is 24.8. The first-order chi connectivity index (χ1) is 18.6. The Morgan fingerprint density at radius 3 is 1.61 bits per heavy atom. The van der Waals surface area contributed by atoms with E-state index in [-0.39, 0.29) is 25.2 Å². The quantitative estimate of drug-likeness (QED) is 0.103. The summed E-state index contributed by atoms with van der Waals surface area (Å²) in [5, 5.41) is 3.27. The first kappa shape index (κ1) is 29.3. The van der Waals surface area contributed by atoms with Crippen LogP contribution < -0.4 is 9.47 Å². The molecule has 0 radical (unpaired) electrons. The summed E-state index contributed by atoms with van der Waals surface area (Å²) in [7, 11) is 0. The molecule has 0 aliphatic rings. The summed E-state index contributed by atoms with van der Waals surface area (Å²) in [6.45, 7) is 6.86. The smallest absolute Gasteiger partial charge is 0.344 e. The minimum Gasteiger partial charge on any atom is -0.481 e. The monoisotopic (exact) mass is 522 g/mol. The van der Waals surface area contributed by atoms with Gasteiger partial charge in [0.1, 0.15) is 11.5 Å². The van der Waals surface area contributed by atoms with Crippen LogP contribution in [0, 0.1) is 0 Å². The molecule has 0 bridgehead atoms. The number of fused-ring (bicyclic) bond motifs is 2. The molecule has 3 aromatic rings. The molecule has 0 aliphatic heterocycles. The lowest BCUT2D eigenvalue weighted by Gasteiger charge is -2.18. The molecule has 0 spiro atoms. The molecule has 38 heavy (non-hydrogen) atoms. The molecule has 0 N–H and O–H groups in total. The van der Waals surface area contributed by atoms with Gasteiger partial charge < -0.3 is 18.9 Å². The molecule has 0 fully saturated rings. The number of carbonyl (C=O) groups excluding carboxylic acids is 2. The number of aryl methyl sites for hydroxylation is 1. The molecule has 6 nitrogen and oxygen atoms in total. The van der Waals surface area contributed by atoms with Crippen molar-refractivity contribution in [3.8, 4) is 11.5 Å². The Balaban J connectivity index is 1.81. The summed E-state index contributed by atoms with van der Waals surface area (Å²) < 4.78 is 23.0. The Morgan fingerprint density at radius 1 is 0.605 bits per heavy atom. The van der Waals surface area contributed by atoms with Gasteiger partial charge in [0.15, 0.2) is 13.2 Å². The van der Waals surface area contributed by atoms with Crippen molar-refractivity contribution in [3.63, 3.8) is 0 Å². The highest BCUT2D eigenvalue weighted by molar-refractivity contribution is 6.11. The van der Waals surface area contributed by atoms with E-state index in [9.17, 15) is 9.59 Å². The third-order valence-electron chi connectivity index (χ3n) is 6.59. The Morgan fingerprint density at radius 2 is 1.11 bits per heavy atom. The summed E-state index contributed by atoms with van der Waals surface area (Å²) >= 11 is 0. The summed E-state index contributed by atoms with van der Waals surface area (Å²) in [5.74, 6) is 0.449. The maximum Gasteiger partial charge on any atom is 0.344 e. The molecule has 3 rings (SSSR count). The number of benzene rings is 3. The fourth-order valence-electron chi connectivity index (χ4n) is 4.45. The van der Waals surface area contributed by atoms with Crippen LogP contribution in [-0.4, -0.2) is 38.4 Å². The van der Waals surface area contributed by atoms with Gasteiger partial charge in [-0.15, -0.1) is 0 Å².